The van der Waals surface area contributed by atoms with Crippen LogP contribution in [0.5, 0.6) is 11.5 Å². The Hall–Kier alpha value is -3.99. The number of benzene rings is 4. The van der Waals surface area contributed by atoms with Gasteiger partial charge in [0.2, 0.25) is 0 Å². The highest BCUT2D eigenvalue weighted by Gasteiger charge is 2.27. The van der Waals surface area contributed by atoms with E-state index in [2.05, 4.69) is 71.2 Å². The number of rotatable bonds is 9. The highest BCUT2D eigenvalue weighted by Crippen LogP contribution is 2.40. The number of hydrogen-bond donors (Lipinski definition) is 0. The molecule has 0 saturated carbocycles. The van der Waals surface area contributed by atoms with Gasteiger partial charge in [-0.15, -0.1) is 0 Å². The molecule has 5 nitrogen and oxygen atoms in total. The smallest absolute Gasteiger partial charge is 0.343 e. The van der Waals surface area contributed by atoms with Gasteiger partial charge in [-0.2, -0.15) is 0 Å². The fourth-order valence-corrected chi connectivity index (χ4v) is 5.34. The van der Waals surface area contributed by atoms with Crippen LogP contribution in [-0.2, 0) is 9.53 Å². The van der Waals surface area contributed by atoms with Gasteiger partial charge in [0.25, 0.3) is 0 Å². The predicted octanol–water partition coefficient (Wildman–Crippen LogP) is 7.57. The third-order valence-electron chi connectivity index (χ3n) is 7.40. The van der Waals surface area contributed by atoms with Crippen molar-refractivity contribution in [3.05, 3.63) is 96.1 Å². The average molecular weight is 510 g/mol. The maximum Gasteiger partial charge on any atom is 0.343 e. The summed E-state index contributed by atoms with van der Waals surface area (Å²) in [4.78, 5) is 13.8. The number of ether oxygens (including phenoxy) is 3. The first-order valence-electron chi connectivity index (χ1n) is 13.3. The largest absolute Gasteiger partial charge is 0.486 e. The van der Waals surface area contributed by atoms with E-state index in [1.165, 1.54) is 23.4 Å². The summed E-state index contributed by atoms with van der Waals surface area (Å²) in [5.41, 5.74) is 4.54. The van der Waals surface area contributed by atoms with Gasteiger partial charge in [0.1, 0.15) is 17.6 Å². The number of anilines is 2. The zero-order valence-corrected chi connectivity index (χ0v) is 22.4. The maximum atomic E-state index is 11.5. The lowest BCUT2D eigenvalue weighted by atomic mass is 9.90. The average Bonchev–Trinajstić information content (AvgIpc) is 2.95. The van der Waals surface area contributed by atoms with Crippen LogP contribution >= 0.6 is 0 Å². The van der Waals surface area contributed by atoms with Crippen molar-refractivity contribution in [3.63, 3.8) is 0 Å². The zero-order chi connectivity index (χ0) is 26.5. The SMILES string of the molecule is COC(=O)COc1ccc(N2CC(CCC[C@H](C)c3cccc4ccccc34)Oc3ccccc32)cc1C. The Balaban J connectivity index is 1.27. The summed E-state index contributed by atoms with van der Waals surface area (Å²) < 4.78 is 16.8. The highest BCUT2D eigenvalue weighted by atomic mass is 16.6. The number of aryl methyl sites for hydroxylation is 1. The number of nitrogens with zero attached hydrogens (tertiary/aromatic N) is 1. The van der Waals surface area contributed by atoms with Crippen molar-refractivity contribution < 1.29 is 19.0 Å². The summed E-state index contributed by atoms with van der Waals surface area (Å²) in [6, 6.07) is 29.6. The van der Waals surface area contributed by atoms with Crippen LogP contribution in [0, 0.1) is 6.92 Å². The van der Waals surface area contributed by atoms with Gasteiger partial charge in [0.05, 0.1) is 19.3 Å². The first-order chi connectivity index (χ1) is 18.5. The fraction of sp³-hybridized carbons (Fsp3) is 0.303. The van der Waals surface area contributed by atoms with E-state index in [9.17, 15) is 4.79 Å². The van der Waals surface area contributed by atoms with Gasteiger partial charge < -0.3 is 19.1 Å². The van der Waals surface area contributed by atoms with Crippen molar-refractivity contribution in [1.82, 2.24) is 0 Å². The van der Waals surface area contributed by atoms with Gasteiger partial charge in [-0.05, 0) is 84.3 Å². The Morgan fingerprint density at radius 2 is 1.82 bits per heavy atom. The van der Waals surface area contributed by atoms with Crippen molar-refractivity contribution in [2.75, 3.05) is 25.2 Å². The molecular weight excluding hydrogens is 474 g/mol. The zero-order valence-electron chi connectivity index (χ0n) is 22.4. The summed E-state index contributed by atoms with van der Waals surface area (Å²) in [6.45, 7) is 5.00. The first kappa shape index (κ1) is 25.7. The quantitative estimate of drug-likeness (QED) is 0.218. The lowest BCUT2D eigenvalue weighted by Gasteiger charge is -2.36. The summed E-state index contributed by atoms with van der Waals surface area (Å²) in [6.07, 6.45) is 3.28. The van der Waals surface area contributed by atoms with Crippen LogP contribution in [0.2, 0.25) is 0 Å². The molecular formula is C33H35NO4. The monoisotopic (exact) mass is 509 g/mol. The Morgan fingerprint density at radius 1 is 1.03 bits per heavy atom. The number of carbonyl (C=O) groups is 1. The van der Waals surface area contributed by atoms with Crippen LogP contribution in [-0.4, -0.2) is 32.3 Å². The van der Waals surface area contributed by atoms with E-state index in [1.807, 2.05) is 37.3 Å². The molecule has 0 aromatic heterocycles. The normalized spacial score (nSPS) is 15.4. The standard InChI is InChI=1S/C33H35NO4/c1-23(28-15-9-12-25-11-4-5-14-29(25)28)10-8-13-27-21-34(30-16-6-7-17-32(30)38-27)26-18-19-31(24(2)20-26)37-22-33(35)36-3/h4-7,9,11-12,14-20,23,27H,8,10,13,21-22H2,1-3H3/t23-,27?/m0/s1. The van der Waals surface area contributed by atoms with E-state index >= 15 is 0 Å². The minimum atomic E-state index is -0.395. The molecule has 0 spiro atoms. The van der Waals surface area contributed by atoms with Crippen LogP contribution in [0.15, 0.2) is 84.9 Å². The van der Waals surface area contributed by atoms with E-state index < -0.39 is 5.97 Å². The van der Waals surface area contributed by atoms with Crippen molar-refractivity contribution in [2.24, 2.45) is 0 Å². The third-order valence-corrected chi connectivity index (χ3v) is 7.40. The lowest BCUT2D eigenvalue weighted by Crippen LogP contribution is -2.37. The molecule has 1 aliphatic rings. The second-order valence-electron chi connectivity index (χ2n) is 10.0. The number of carbonyl (C=O) groups excluding carboxylic acids is 1. The van der Waals surface area contributed by atoms with Gasteiger partial charge in [-0.1, -0.05) is 61.5 Å². The van der Waals surface area contributed by atoms with Gasteiger partial charge in [0.15, 0.2) is 6.61 Å². The molecule has 0 amide bonds. The number of hydrogen-bond acceptors (Lipinski definition) is 5. The molecule has 0 saturated heterocycles. The molecule has 0 N–H and O–H groups in total. The fourth-order valence-electron chi connectivity index (χ4n) is 5.34. The lowest BCUT2D eigenvalue weighted by molar-refractivity contribution is -0.142. The summed E-state index contributed by atoms with van der Waals surface area (Å²) in [7, 11) is 1.36. The van der Waals surface area contributed by atoms with Crippen molar-refractivity contribution in [3.8, 4) is 11.5 Å². The van der Waals surface area contributed by atoms with E-state index in [4.69, 9.17) is 9.47 Å². The van der Waals surface area contributed by atoms with Gasteiger partial charge in [0, 0.05) is 5.69 Å². The van der Waals surface area contributed by atoms with Crippen LogP contribution in [0.4, 0.5) is 11.4 Å². The van der Waals surface area contributed by atoms with Crippen LogP contribution in [0.25, 0.3) is 10.8 Å². The molecule has 196 valence electrons. The second kappa shape index (κ2) is 11.6. The summed E-state index contributed by atoms with van der Waals surface area (Å²) in [5, 5.41) is 2.66. The van der Waals surface area contributed by atoms with Gasteiger partial charge in [-0.3, -0.25) is 0 Å². The van der Waals surface area contributed by atoms with Crippen LogP contribution in [0.3, 0.4) is 0 Å². The summed E-state index contributed by atoms with van der Waals surface area (Å²) >= 11 is 0. The van der Waals surface area contributed by atoms with Crippen molar-refractivity contribution in [2.45, 2.75) is 45.1 Å². The maximum absolute atomic E-state index is 11.5. The number of methoxy groups -OCH3 is 1. The third kappa shape index (κ3) is 5.62. The summed E-state index contributed by atoms with van der Waals surface area (Å²) in [5.74, 6) is 1.68. The molecule has 0 radical (unpaired) electrons. The Bertz CT molecular complexity index is 1410. The topological polar surface area (TPSA) is 48.0 Å². The molecule has 1 unspecified atom stereocenters. The molecule has 1 aliphatic heterocycles. The van der Waals surface area contributed by atoms with E-state index in [0.29, 0.717) is 11.7 Å². The van der Waals surface area contributed by atoms with Crippen LogP contribution in [0.1, 0.15) is 43.2 Å². The predicted molar refractivity (Wildman–Crippen MR) is 153 cm³/mol. The second-order valence-corrected chi connectivity index (χ2v) is 10.0. The Labute approximate surface area is 224 Å². The Kier molecular flexibility index (Phi) is 7.83. The number of fused-ring (bicyclic) bond motifs is 2. The highest BCUT2D eigenvalue weighted by molar-refractivity contribution is 5.86. The van der Waals surface area contributed by atoms with E-state index in [1.54, 1.807) is 0 Å². The first-order valence-corrected chi connectivity index (χ1v) is 13.3. The number of esters is 1. The van der Waals surface area contributed by atoms with Crippen molar-refractivity contribution in [1.29, 1.82) is 0 Å². The molecule has 0 fully saturated rings. The molecule has 1 heterocycles. The molecule has 0 aliphatic carbocycles. The molecule has 5 rings (SSSR count). The van der Waals surface area contributed by atoms with Crippen LogP contribution < -0.4 is 14.4 Å². The Morgan fingerprint density at radius 3 is 2.66 bits per heavy atom. The van der Waals surface area contributed by atoms with Crippen molar-refractivity contribution >= 4 is 28.1 Å². The molecule has 4 aromatic rings. The molecule has 4 aromatic carbocycles. The van der Waals surface area contributed by atoms with Gasteiger partial charge >= 0.3 is 5.97 Å². The molecule has 2 atom stereocenters. The van der Waals surface area contributed by atoms with E-state index in [0.717, 1.165) is 48.5 Å². The van der Waals surface area contributed by atoms with E-state index in [-0.39, 0.29) is 12.7 Å². The van der Waals surface area contributed by atoms with Gasteiger partial charge in [-0.25, -0.2) is 4.79 Å². The molecule has 5 heteroatoms. The minimum absolute atomic E-state index is 0.0974. The molecule has 0 bridgehead atoms. The minimum Gasteiger partial charge on any atom is -0.486 e. The number of para-hydroxylation sites is 2. The molecule has 38 heavy (non-hydrogen) atoms.